The number of rotatable bonds is 6. The number of hydrogen-bond donors (Lipinski definition) is 2. The van der Waals surface area contributed by atoms with Crippen molar-refractivity contribution in [3.8, 4) is 0 Å². The van der Waals surface area contributed by atoms with E-state index in [2.05, 4.69) is 20.2 Å². The Morgan fingerprint density at radius 1 is 1.42 bits per heavy atom. The van der Waals surface area contributed by atoms with Gasteiger partial charge in [0.1, 0.15) is 11.5 Å². The molecule has 24 heavy (non-hydrogen) atoms. The maximum absolute atomic E-state index is 12.3. The Kier molecular flexibility index (Phi) is 5.73. The van der Waals surface area contributed by atoms with Crippen molar-refractivity contribution in [3.63, 3.8) is 0 Å². The number of nitrogens with one attached hydrogen (secondary N) is 1. The zero-order valence-electron chi connectivity index (χ0n) is 13.4. The fourth-order valence-corrected chi connectivity index (χ4v) is 3.34. The third-order valence-corrected chi connectivity index (χ3v) is 4.67. The quantitative estimate of drug-likeness (QED) is 0.803. The molecule has 0 aliphatic carbocycles. The standard InChI is InChI=1S/C16H21N5O2S/c17-4-3-14-20-13(11-24-14)16(22)19-10-12-2-1-5-18-15(12)21-6-8-23-9-7-21/h1-2,5,11H,3-4,6-10,17H2,(H,19,22). The molecule has 0 aromatic carbocycles. The topological polar surface area (TPSA) is 93.4 Å². The maximum atomic E-state index is 12.3. The Morgan fingerprint density at radius 3 is 3.04 bits per heavy atom. The fraction of sp³-hybridized carbons (Fsp3) is 0.438. The average molecular weight is 347 g/mol. The molecule has 2 aromatic heterocycles. The number of nitrogens with zero attached hydrogens (tertiary/aromatic N) is 3. The number of hydrogen-bond acceptors (Lipinski definition) is 7. The average Bonchev–Trinajstić information content (AvgIpc) is 3.10. The van der Waals surface area contributed by atoms with Gasteiger partial charge in [-0.15, -0.1) is 11.3 Å². The van der Waals surface area contributed by atoms with Crippen LogP contribution in [0.15, 0.2) is 23.7 Å². The molecule has 8 heteroatoms. The maximum Gasteiger partial charge on any atom is 0.271 e. The lowest BCUT2D eigenvalue weighted by molar-refractivity contribution is 0.0946. The zero-order valence-corrected chi connectivity index (χ0v) is 14.2. The number of anilines is 1. The van der Waals surface area contributed by atoms with Crippen molar-refractivity contribution in [1.29, 1.82) is 0 Å². The molecule has 3 N–H and O–H groups in total. The third-order valence-electron chi connectivity index (χ3n) is 3.76. The first-order valence-electron chi connectivity index (χ1n) is 7.97. The van der Waals surface area contributed by atoms with E-state index >= 15 is 0 Å². The molecule has 3 heterocycles. The van der Waals surface area contributed by atoms with E-state index in [1.807, 2.05) is 12.1 Å². The van der Waals surface area contributed by atoms with Crippen LogP contribution in [0.2, 0.25) is 0 Å². The van der Waals surface area contributed by atoms with Crippen molar-refractivity contribution in [3.05, 3.63) is 40.0 Å². The molecule has 0 unspecified atom stereocenters. The van der Waals surface area contributed by atoms with Crippen LogP contribution >= 0.6 is 11.3 Å². The van der Waals surface area contributed by atoms with Crippen LogP contribution in [0, 0.1) is 0 Å². The van der Waals surface area contributed by atoms with Gasteiger partial charge < -0.3 is 20.7 Å². The van der Waals surface area contributed by atoms with Crippen LogP contribution in [0.25, 0.3) is 0 Å². The van der Waals surface area contributed by atoms with Crippen LogP contribution in [0.5, 0.6) is 0 Å². The monoisotopic (exact) mass is 347 g/mol. The van der Waals surface area contributed by atoms with E-state index < -0.39 is 0 Å². The van der Waals surface area contributed by atoms with Gasteiger partial charge in [-0.2, -0.15) is 0 Å². The van der Waals surface area contributed by atoms with Crippen molar-refractivity contribution >= 4 is 23.1 Å². The highest BCUT2D eigenvalue weighted by Crippen LogP contribution is 2.18. The molecule has 0 bridgehead atoms. The summed E-state index contributed by atoms with van der Waals surface area (Å²) in [5.74, 6) is 0.731. The summed E-state index contributed by atoms with van der Waals surface area (Å²) >= 11 is 1.46. The van der Waals surface area contributed by atoms with Crippen molar-refractivity contribution in [1.82, 2.24) is 15.3 Å². The Bertz CT molecular complexity index is 685. The van der Waals surface area contributed by atoms with Crippen molar-refractivity contribution < 1.29 is 9.53 Å². The summed E-state index contributed by atoms with van der Waals surface area (Å²) in [5.41, 5.74) is 6.95. The second-order valence-electron chi connectivity index (χ2n) is 5.43. The highest BCUT2D eigenvalue weighted by Gasteiger charge is 2.17. The molecule has 1 fully saturated rings. The Balaban J connectivity index is 1.64. The zero-order chi connectivity index (χ0) is 16.8. The van der Waals surface area contributed by atoms with Gasteiger partial charge in [0.15, 0.2) is 0 Å². The van der Waals surface area contributed by atoms with E-state index in [0.29, 0.717) is 38.4 Å². The summed E-state index contributed by atoms with van der Waals surface area (Å²) in [6.07, 6.45) is 2.47. The Hall–Kier alpha value is -2.03. The van der Waals surface area contributed by atoms with Crippen LogP contribution in [0.3, 0.4) is 0 Å². The molecule has 0 saturated carbocycles. The second-order valence-corrected chi connectivity index (χ2v) is 6.38. The summed E-state index contributed by atoms with van der Waals surface area (Å²) in [7, 11) is 0. The lowest BCUT2D eigenvalue weighted by Crippen LogP contribution is -2.37. The van der Waals surface area contributed by atoms with E-state index in [4.69, 9.17) is 10.5 Å². The van der Waals surface area contributed by atoms with Crippen LogP contribution in [0.4, 0.5) is 5.82 Å². The molecule has 1 aliphatic rings. The van der Waals surface area contributed by atoms with Crippen LogP contribution in [-0.4, -0.2) is 48.7 Å². The number of carbonyl (C=O) groups is 1. The van der Waals surface area contributed by atoms with E-state index in [1.165, 1.54) is 11.3 Å². The van der Waals surface area contributed by atoms with Crippen molar-refractivity contribution in [2.24, 2.45) is 5.73 Å². The molecule has 0 spiro atoms. The number of aromatic nitrogens is 2. The predicted molar refractivity (Wildman–Crippen MR) is 93.3 cm³/mol. The minimum absolute atomic E-state index is 0.175. The Labute approximate surface area is 144 Å². The summed E-state index contributed by atoms with van der Waals surface area (Å²) < 4.78 is 5.38. The molecule has 0 atom stereocenters. The van der Waals surface area contributed by atoms with E-state index in [-0.39, 0.29) is 5.91 Å². The largest absolute Gasteiger partial charge is 0.378 e. The lowest BCUT2D eigenvalue weighted by Gasteiger charge is -2.29. The van der Waals surface area contributed by atoms with Gasteiger partial charge in [-0.3, -0.25) is 4.79 Å². The number of thiazole rings is 1. The first-order valence-corrected chi connectivity index (χ1v) is 8.85. The normalized spacial score (nSPS) is 14.6. The lowest BCUT2D eigenvalue weighted by atomic mass is 10.2. The van der Waals surface area contributed by atoms with E-state index in [0.717, 1.165) is 29.5 Å². The fourth-order valence-electron chi connectivity index (χ4n) is 2.55. The molecule has 2 aromatic rings. The molecule has 7 nitrogen and oxygen atoms in total. The first kappa shape index (κ1) is 16.8. The summed E-state index contributed by atoms with van der Waals surface area (Å²) in [4.78, 5) is 23.2. The van der Waals surface area contributed by atoms with E-state index in [1.54, 1.807) is 11.6 Å². The highest BCUT2D eigenvalue weighted by atomic mass is 32.1. The SMILES string of the molecule is NCCc1nc(C(=O)NCc2cccnc2N2CCOCC2)cs1. The molecular weight excluding hydrogens is 326 g/mol. The van der Waals surface area contributed by atoms with Gasteiger partial charge >= 0.3 is 0 Å². The summed E-state index contributed by atoms with van der Waals surface area (Å²) in [6, 6.07) is 3.87. The minimum atomic E-state index is -0.175. The van der Waals surface area contributed by atoms with Gasteiger partial charge in [0.05, 0.1) is 18.2 Å². The summed E-state index contributed by atoms with van der Waals surface area (Å²) in [5, 5.41) is 5.58. The van der Waals surface area contributed by atoms with Crippen LogP contribution in [0.1, 0.15) is 21.1 Å². The van der Waals surface area contributed by atoms with Crippen LogP contribution in [-0.2, 0) is 17.7 Å². The van der Waals surface area contributed by atoms with Gasteiger partial charge in [-0.05, 0) is 12.6 Å². The van der Waals surface area contributed by atoms with Crippen LogP contribution < -0.4 is 16.0 Å². The third kappa shape index (κ3) is 4.08. The number of amides is 1. The van der Waals surface area contributed by atoms with Crippen molar-refractivity contribution in [2.45, 2.75) is 13.0 Å². The Morgan fingerprint density at radius 2 is 2.25 bits per heavy atom. The van der Waals surface area contributed by atoms with Gasteiger partial charge in [0.2, 0.25) is 0 Å². The van der Waals surface area contributed by atoms with Gasteiger partial charge in [0, 0.05) is 43.2 Å². The molecule has 1 saturated heterocycles. The second kappa shape index (κ2) is 8.18. The first-order chi connectivity index (χ1) is 11.8. The summed E-state index contributed by atoms with van der Waals surface area (Å²) in [6.45, 7) is 3.98. The number of carbonyl (C=O) groups excluding carboxylic acids is 1. The molecule has 0 radical (unpaired) electrons. The van der Waals surface area contributed by atoms with Gasteiger partial charge in [-0.1, -0.05) is 6.07 Å². The molecule has 1 amide bonds. The van der Waals surface area contributed by atoms with E-state index in [9.17, 15) is 4.79 Å². The molecule has 1 aliphatic heterocycles. The minimum Gasteiger partial charge on any atom is -0.378 e. The molecule has 128 valence electrons. The van der Waals surface area contributed by atoms with Gasteiger partial charge in [-0.25, -0.2) is 9.97 Å². The molecular formula is C16H21N5O2S. The number of ether oxygens (including phenoxy) is 1. The molecule has 3 rings (SSSR count). The number of morpholine rings is 1. The van der Waals surface area contributed by atoms with Crippen molar-refractivity contribution in [2.75, 3.05) is 37.7 Å². The number of pyridine rings is 1. The number of nitrogens with two attached hydrogens (primary N) is 1. The predicted octanol–water partition coefficient (Wildman–Crippen LogP) is 0.806. The van der Waals surface area contributed by atoms with Gasteiger partial charge in [0.25, 0.3) is 5.91 Å². The smallest absolute Gasteiger partial charge is 0.271 e. The highest BCUT2D eigenvalue weighted by molar-refractivity contribution is 7.09.